The lowest BCUT2D eigenvalue weighted by Gasteiger charge is -2.16. The van der Waals surface area contributed by atoms with Crippen molar-refractivity contribution in [1.82, 2.24) is 0 Å². The first-order valence-electron chi connectivity index (χ1n) is 5.47. The van der Waals surface area contributed by atoms with Crippen LogP contribution in [0.4, 0.5) is 5.69 Å². The minimum absolute atomic E-state index is 0.0225. The summed E-state index contributed by atoms with van der Waals surface area (Å²) in [6, 6.07) is 6.36. The molecule has 0 radical (unpaired) electrons. The van der Waals surface area contributed by atoms with Gasteiger partial charge in [0.2, 0.25) is 0 Å². The highest BCUT2D eigenvalue weighted by atomic mass is 14.9. The number of hydrogen-bond donors (Lipinski definition) is 3. The maximum atomic E-state index is 5.77. The standard InChI is InChI=1S/C12H21N3/c1-3-10-6-4-5-9(2)12(10)15-8-11(14)7-13/h4-6,11,15H,3,7-8,13-14H2,1-2H3. The number of anilines is 1. The average Bonchev–Trinajstić information content (AvgIpc) is 2.26. The van der Waals surface area contributed by atoms with Crippen LogP contribution in [0.3, 0.4) is 0 Å². The monoisotopic (exact) mass is 207 g/mol. The Morgan fingerprint density at radius 3 is 2.73 bits per heavy atom. The van der Waals surface area contributed by atoms with E-state index in [-0.39, 0.29) is 6.04 Å². The van der Waals surface area contributed by atoms with Gasteiger partial charge in [-0.2, -0.15) is 0 Å². The van der Waals surface area contributed by atoms with Crippen LogP contribution in [0.15, 0.2) is 18.2 Å². The van der Waals surface area contributed by atoms with E-state index in [1.165, 1.54) is 16.8 Å². The zero-order valence-corrected chi connectivity index (χ0v) is 9.59. The molecule has 1 rings (SSSR count). The summed E-state index contributed by atoms with van der Waals surface area (Å²) < 4.78 is 0. The van der Waals surface area contributed by atoms with E-state index in [0.717, 1.165) is 13.0 Å². The quantitative estimate of drug-likeness (QED) is 0.681. The van der Waals surface area contributed by atoms with E-state index < -0.39 is 0 Å². The van der Waals surface area contributed by atoms with Crippen LogP contribution in [0.1, 0.15) is 18.1 Å². The van der Waals surface area contributed by atoms with Crippen molar-refractivity contribution < 1.29 is 0 Å². The molecule has 1 unspecified atom stereocenters. The molecule has 0 saturated carbocycles. The molecule has 0 aliphatic heterocycles. The number of para-hydroxylation sites is 1. The predicted octanol–water partition coefficient (Wildman–Crippen LogP) is 1.26. The van der Waals surface area contributed by atoms with Gasteiger partial charge >= 0.3 is 0 Å². The van der Waals surface area contributed by atoms with Gasteiger partial charge in [0.15, 0.2) is 0 Å². The zero-order chi connectivity index (χ0) is 11.3. The maximum Gasteiger partial charge on any atom is 0.0402 e. The molecule has 84 valence electrons. The lowest BCUT2D eigenvalue weighted by molar-refractivity contribution is 0.712. The number of nitrogens with one attached hydrogen (secondary N) is 1. The molecule has 0 aromatic heterocycles. The van der Waals surface area contributed by atoms with Gasteiger partial charge in [0.05, 0.1) is 0 Å². The molecule has 0 spiro atoms. The molecule has 0 aliphatic carbocycles. The summed E-state index contributed by atoms with van der Waals surface area (Å²) in [5.41, 5.74) is 15.1. The van der Waals surface area contributed by atoms with Crippen molar-refractivity contribution in [3.63, 3.8) is 0 Å². The van der Waals surface area contributed by atoms with Crippen molar-refractivity contribution in [2.75, 3.05) is 18.4 Å². The molecule has 3 nitrogen and oxygen atoms in total. The number of aryl methyl sites for hydroxylation is 2. The van der Waals surface area contributed by atoms with Crippen LogP contribution in [-0.2, 0) is 6.42 Å². The van der Waals surface area contributed by atoms with Crippen LogP contribution < -0.4 is 16.8 Å². The number of rotatable bonds is 5. The van der Waals surface area contributed by atoms with Gasteiger partial charge < -0.3 is 16.8 Å². The van der Waals surface area contributed by atoms with Crippen LogP contribution in [0.5, 0.6) is 0 Å². The van der Waals surface area contributed by atoms with Crippen molar-refractivity contribution in [2.24, 2.45) is 11.5 Å². The molecule has 1 atom stereocenters. The fourth-order valence-corrected chi connectivity index (χ4v) is 1.59. The topological polar surface area (TPSA) is 64.1 Å². The summed E-state index contributed by atoms with van der Waals surface area (Å²) in [5.74, 6) is 0. The summed E-state index contributed by atoms with van der Waals surface area (Å²) in [4.78, 5) is 0. The van der Waals surface area contributed by atoms with Crippen LogP contribution in [0.2, 0.25) is 0 Å². The van der Waals surface area contributed by atoms with Gasteiger partial charge in [-0.15, -0.1) is 0 Å². The molecule has 0 fully saturated rings. The van der Waals surface area contributed by atoms with Gasteiger partial charge in [-0.05, 0) is 24.5 Å². The maximum absolute atomic E-state index is 5.77. The van der Waals surface area contributed by atoms with Gasteiger partial charge in [0, 0.05) is 24.8 Å². The highest BCUT2D eigenvalue weighted by molar-refractivity contribution is 5.57. The van der Waals surface area contributed by atoms with Gasteiger partial charge in [-0.25, -0.2) is 0 Å². The summed E-state index contributed by atoms with van der Waals surface area (Å²) >= 11 is 0. The molecule has 3 heteroatoms. The largest absolute Gasteiger partial charge is 0.383 e. The second kappa shape index (κ2) is 5.73. The Bertz CT molecular complexity index is 310. The molecule has 0 saturated heterocycles. The molecule has 0 bridgehead atoms. The first kappa shape index (κ1) is 12.0. The van der Waals surface area contributed by atoms with Gasteiger partial charge in [0.1, 0.15) is 0 Å². The Kier molecular flexibility index (Phi) is 4.59. The molecule has 1 aromatic rings. The Labute approximate surface area is 91.9 Å². The molecular weight excluding hydrogens is 186 g/mol. The average molecular weight is 207 g/mol. The lowest BCUT2D eigenvalue weighted by Crippen LogP contribution is -2.36. The van der Waals surface area contributed by atoms with Crippen molar-refractivity contribution in [2.45, 2.75) is 26.3 Å². The van der Waals surface area contributed by atoms with Crippen molar-refractivity contribution in [3.8, 4) is 0 Å². The molecule has 0 heterocycles. The third-order valence-corrected chi connectivity index (χ3v) is 2.58. The highest BCUT2D eigenvalue weighted by Crippen LogP contribution is 2.20. The van der Waals surface area contributed by atoms with Crippen LogP contribution in [-0.4, -0.2) is 19.1 Å². The van der Waals surface area contributed by atoms with Crippen molar-refractivity contribution in [3.05, 3.63) is 29.3 Å². The fraction of sp³-hybridized carbons (Fsp3) is 0.500. The Morgan fingerprint density at radius 2 is 2.13 bits per heavy atom. The van der Waals surface area contributed by atoms with Crippen molar-refractivity contribution in [1.29, 1.82) is 0 Å². The zero-order valence-electron chi connectivity index (χ0n) is 9.59. The SMILES string of the molecule is CCc1cccc(C)c1NCC(N)CN. The summed E-state index contributed by atoms with van der Waals surface area (Å²) in [6.45, 7) is 5.51. The van der Waals surface area contributed by atoms with E-state index >= 15 is 0 Å². The van der Waals surface area contributed by atoms with E-state index in [1.54, 1.807) is 0 Å². The Morgan fingerprint density at radius 1 is 1.40 bits per heavy atom. The van der Waals surface area contributed by atoms with E-state index in [2.05, 4.69) is 37.4 Å². The second-order valence-corrected chi connectivity index (χ2v) is 3.84. The predicted molar refractivity (Wildman–Crippen MR) is 66.1 cm³/mol. The number of nitrogens with two attached hydrogens (primary N) is 2. The molecule has 0 amide bonds. The van der Waals surface area contributed by atoms with Crippen LogP contribution in [0, 0.1) is 6.92 Å². The van der Waals surface area contributed by atoms with E-state index in [4.69, 9.17) is 11.5 Å². The van der Waals surface area contributed by atoms with Gasteiger partial charge in [-0.3, -0.25) is 0 Å². The van der Waals surface area contributed by atoms with Gasteiger partial charge in [-0.1, -0.05) is 25.1 Å². The molecule has 5 N–H and O–H groups in total. The number of hydrogen-bond acceptors (Lipinski definition) is 3. The third-order valence-electron chi connectivity index (χ3n) is 2.58. The Balaban J connectivity index is 2.74. The second-order valence-electron chi connectivity index (χ2n) is 3.84. The molecular formula is C12H21N3. The van der Waals surface area contributed by atoms with Crippen molar-refractivity contribution >= 4 is 5.69 Å². The minimum atomic E-state index is 0.0225. The summed E-state index contributed by atoms with van der Waals surface area (Å²) in [5, 5.41) is 3.38. The van der Waals surface area contributed by atoms with E-state index in [9.17, 15) is 0 Å². The summed E-state index contributed by atoms with van der Waals surface area (Å²) in [7, 11) is 0. The highest BCUT2D eigenvalue weighted by Gasteiger charge is 2.05. The molecule has 0 aliphatic rings. The first-order chi connectivity index (χ1) is 7.19. The third kappa shape index (κ3) is 3.22. The van der Waals surface area contributed by atoms with Crippen LogP contribution in [0.25, 0.3) is 0 Å². The number of benzene rings is 1. The summed E-state index contributed by atoms with van der Waals surface area (Å²) in [6.07, 6.45) is 1.03. The molecule has 15 heavy (non-hydrogen) atoms. The molecule has 1 aromatic carbocycles. The van der Waals surface area contributed by atoms with E-state index in [0.29, 0.717) is 6.54 Å². The van der Waals surface area contributed by atoms with Gasteiger partial charge in [0.25, 0.3) is 0 Å². The lowest BCUT2D eigenvalue weighted by atomic mass is 10.1. The normalized spacial score (nSPS) is 12.5. The van der Waals surface area contributed by atoms with E-state index in [1.807, 2.05) is 0 Å². The Hall–Kier alpha value is -1.06. The minimum Gasteiger partial charge on any atom is -0.383 e. The first-order valence-corrected chi connectivity index (χ1v) is 5.47. The van der Waals surface area contributed by atoms with Crippen LogP contribution >= 0.6 is 0 Å². The smallest absolute Gasteiger partial charge is 0.0402 e. The fourth-order valence-electron chi connectivity index (χ4n) is 1.59.